The Labute approximate surface area is 187 Å². The number of aliphatic carboxylic acids is 1. The van der Waals surface area contributed by atoms with Crippen molar-refractivity contribution in [3.63, 3.8) is 0 Å². The van der Waals surface area contributed by atoms with E-state index in [4.69, 9.17) is 9.47 Å². The second-order valence-electron chi connectivity index (χ2n) is 8.73. The Kier molecular flexibility index (Phi) is 5.47. The zero-order chi connectivity index (χ0) is 22.1. The van der Waals surface area contributed by atoms with Gasteiger partial charge in [-0.1, -0.05) is 60.2 Å². The molecule has 0 bridgehead atoms. The molecule has 1 saturated heterocycles. The minimum atomic E-state index is -0.856. The lowest BCUT2D eigenvalue weighted by molar-refractivity contribution is -0.151. The predicted molar refractivity (Wildman–Crippen MR) is 119 cm³/mol. The molecule has 6 nitrogen and oxygen atoms in total. The Balaban J connectivity index is 1.26. The van der Waals surface area contributed by atoms with Crippen LogP contribution in [0.2, 0.25) is 0 Å². The minimum Gasteiger partial charge on any atom is -0.481 e. The van der Waals surface area contributed by atoms with E-state index in [1.54, 1.807) is 4.90 Å². The van der Waals surface area contributed by atoms with Crippen molar-refractivity contribution in [1.82, 2.24) is 4.90 Å². The van der Waals surface area contributed by atoms with Gasteiger partial charge in [-0.3, -0.25) is 4.79 Å². The first-order valence-electron chi connectivity index (χ1n) is 11.2. The Hall–Kier alpha value is -3.12. The van der Waals surface area contributed by atoms with Crippen LogP contribution in [0.5, 0.6) is 0 Å². The van der Waals surface area contributed by atoms with E-state index >= 15 is 0 Å². The number of nitrogens with zero attached hydrogens (tertiary/aromatic N) is 1. The molecular formula is C26H27NO5. The molecule has 2 heterocycles. The highest BCUT2D eigenvalue weighted by atomic mass is 16.6. The van der Waals surface area contributed by atoms with E-state index in [2.05, 4.69) is 24.3 Å². The summed E-state index contributed by atoms with van der Waals surface area (Å²) < 4.78 is 11.1. The van der Waals surface area contributed by atoms with Gasteiger partial charge in [-0.15, -0.1) is 0 Å². The summed E-state index contributed by atoms with van der Waals surface area (Å²) in [4.78, 5) is 26.5. The number of benzene rings is 2. The van der Waals surface area contributed by atoms with Crippen molar-refractivity contribution in [2.24, 2.45) is 5.41 Å². The molecule has 2 aromatic carbocycles. The number of amides is 1. The maximum Gasteiger partial charge on any atom is 0.410 e. The lowest BCUT2D eigenvalue weighted by Gasteiger charge is -2.38. The molecule has 2 aromatic rings. The van der Waals surface area contributed by atoms with E-state index in [0.29, 0.717) is 45.6 Å². The van der Waals surface area contributed by atoms with Crippen molar-refractivity contribution in [1.29, 1.82) is 0 Å². The molecule has 166 valence electrons. The average Bonchev–Trinajstić information content (AvgIpc) is 3.17. The number of carbonyl (C=O) groups is 2. The summed E-state index contributed by atoms with van der Waals surface area (Å²) in [5, 5.41) is 9.88. The Morgan fingerprint density at radius 1 is 1.03 bits per heavy atom. The van der Waals surface area contributed by atoms with Crippen molar-refractivity contribution in [3.8, 4) is 11.1 Å². The number of ether oxygens (including phenoxy) is 2. The highest BCUT2D eigenvalue weighted by Crippen LogP contribution is 2.45. The van der Waals surface area contributed by atoms with Crippen LogP contribution in [0.1, 0.15) is 36.3 Å². The summed E-state index contributed by atoms with van der Waals surface area (Å²) in [6.45, 7) is 2.05. The molecule has 1 aliphatic carbocycles. The molecule has 2 aliphatic heterocycles. The topological polar surface area (TPSA) is 76.1 Å². The maximum atomic E-state index is 12.8. The van der Waals surface area contributed by atoms with Crippen LogP contribution in [0.25, 0.3) is 11.1 Å². The highest BCUT2D eigenvalue weighted by molar-refractivity contribution is 5.80. The largest absolute Gasteiger partial charge is 0.481 e. The lowest BCUT2D eigenvalue weighted by atomic mass is 9.71. The number of hydrogen-bond donors (Lipinski definition) is 1. The number of fused-ring (bicyclic) bond motifs is 3. The molecule has 3 aliphatic rings. The first kappa shape index (κ1) is 20.8. The second-order valence-corrected chi connectivity index (χ2v) is 8.73. The summed E-state index contributed by atoms with van der Waals surface area (Å²) >= 11 is 0. The number of carboxylic acids is 1. The normalized spacial score (nSPS) is 19.6. The molecule has 1 N–H and O–H groups in total. The number of rotatable bonds is 4. The van der Waals surface area contributed by atoms with Crippen LogP contribution >= 0.6 is 0 Å². The minimum absolute atomic E-state index is 0.0276. The fraction of sp³-hybridized carbons (Fsp3) is 0.385. The van der Waals surface area contributed by atoms with Crippen molar-refractivity contribution in [2.75, 3.05) is 32.9 Å². The van der Waals surface area contributed by atoms with Crippen LogP contribution in [-0.4, -0.2) is 55.0 Å². The summed E-state index contributed by atoms with van der Waals surface area (Å²) in [5.74, 6) is -0.763. The van der Waals surface area contributed by atoms with Crippen molar-refractivity contribution in [3.05, 3.63) is 71.3 Å². The third-order valence-electron chi connectivity index (χ3n) is 7.17. The summed E-state index contributed by atoms with van der Waals surface area (Å²) in [6.07, 6.45) is 3.08. The van der Waals surface area contributed by atoms with Crippen molar-refractivity contribution < 1.29 is 24.2 Å². The van der Waals surface area contributed by atoms with Crippen molar-refractivity contribution in [2.45, 2.75) is 25.2 Å². The number of hydrogen-bond acceptors (Lipinski definition) is 4. The molecular weight excluding hydrogens is 406 g/mol. The van der Waals surface area contributed by atoms with Gasteiger partial charge in [0.1, 0.15) is 6.61 Å². The van der Waals surface area contributed by atoms with Crippen LogP contribution in [0.15, 0.2) is 60.2 Å². The first-order valence-corrected chi connectivity index (χ1v) is 11.2. The zero-order valence-corrected chi connectivity index (χ0v) is 18.0. The van der Waals surface area contributed by atoms with Crippen LogP contribution in [-0.2, 0) is 14.3 Å². The first-order chi connectivity index (χ1) is 15.6. The second kappa shape index (κ2) is 8.43. The van der Waals surface area contributed by atoms with Crippen LogP contribution in [0.3, 0.4) is 0 Å². The third kappa shape index (κ3) is 3.48. The quantitative estimate of drug-likeness (QED) is 0.721. The van der Waals surface area contributed by atoms with Gasteiger partial charge in [0.15, 0.2) is 0 Å². The van der Waals surface area contributed by atoms with Gasteiger partial charge in [0.2, 0.25) is 0 Å². The van der Waals surface area contributed by atoms with Gasteiger partial charge in [-0.25, -0.2) is 4.79 Å². The Bertz CT molecular complexity index is 1020. The van der Waals surface area contributed by atoms with E-state index in [9.17, 15) is 14.7 Å². The number of carbonyl (C=O) groups excluding carboxylic acids is 1. The van der Waals surface area contributed by atoms with Gasteiger partial charge in [-0.05, 0) is 41.5 Å². The van der Waals surface area contributed by atoms with E-state index in [-0.39, 0.29) is 18.6 Å². The highest BCUT2D eigenvalue weighted by Gasteiger charge is 2.44. The molecule has 6 heteroatoms. The van der Waals surface area contributed by atoms with E-state index in [0.717, 1.165) is 5.57 Å². The van der Waals surface area contributed by atoms with Crippen LogP contribution in [0.4, 0.5) is 4.79 Å². The van der Waals surface area contributed by atoms with Crippen LogP contribution < -0.4 is 0 Å². The fourth-order valence-electron chi connectivity index (χ4n) is 5.35. The monoisotopic (exact) mass is 433 g/mol. The smallest absolute Gasteiger partial charge is 0.410 e. The molecule has 5 rings (SSSR count). The van der Waals surface area contributed by atoms with Crippen LogP contribution in [0, 0.1) is 5.41 Å². The van der Waals surface area contributed by atoms with Gasteiger partial charge in [0.05, 0.1) is 5.41 Å². The Morgan fingerprint density at radius 3 is 2.22 bits per heavy atom. The SMILES string of the molecule is O=C(OCC1c2ccccc2-c2ccccc21)N1CC=C(C2(C(=O)O)CCOCC2)CC1. The third-order valence-corrected chi connectivity index (χ3v) is 7.17. The number of carboxylic acid groups (broad SMARTS) is 1. The van der Waals surface area contributed by atoms with E-state index in [1.165, 1.54) is 22.3 Å². The van der Waals surface area contributed by atoms with Gasteiger partial charge < -0.3 is 19.5 Å². The van der Waals surface area contributed by atoms with Gasteiger partial charge in [0.25, 0.3) is 0 Å². The average molecular weight is 434 g/mol. The van der Waals surface area contributed by atoms with E-state index in [1.807, 2.05) is 30.3 Å². The predicted octanol–water partition coefficient (Wildman–Crippen LogP) is 4.45. The lowest BCUT2D eigenvalue weighted by Crippen LogP contribution is -2.43. The summed E-state index contributed by atoms with van der Waals surface area (Å²) in [6, 6.07) is 16.5. The van der Waals surface area contributed by atoms with Crippen molar-refractivity contribution >= 4 is 12.1 Å². The molecule has 0 atom stereocenters. The molecule has 1 amide bonds. The van der Waals surface area contributed by atoms with Gasteiger partial charge >= 0.3 is 12.1 Å². The molecule has 0 saturated carbocycles. The molecule has 0 aromatic heterocycles. The summed E-state index contributed by atoms with van der Waals surface area (Å²) in [5.41, 5.74) is 4.83. The Morgan fingerprint density at radius 2 is 1.66 bits per heavy atom. The zero-order valence-electron chi connectivity index (χ0n) is 18.0. The standard InChI is InChI=1S/C26H27NO5/c28-24(29)26(11-15-31-16-12-26)18-9-13-27(14-10-18)25(30)32-17-23-21-7-3-1-5-19(21)20-6-2-4-8-22(20)23/h1-9,23H,10-17H2,(H,28,29). The molecule has 0 radical (unpaired) electrons. The fourth-order valence-corrected chi connectivity index (χ4v) is 5.35. The molecule has 32 heavy (non-hydrogen) atoms. The molecule has 0 spiro atoms. The van der Waals surface area contributed by atoms with Gasteiger partial charge in [-0.2, -0.15) is 0 Å². The molecule has 0 unspecified atom stereocenters. The molecule has 1 fully saturated rings. The maximum absolute atomic E-state index is 12.8. The van der Waals surface area contributed by atoms with Gasteiger partial charge in [0, 0.05) is 32.2 Å². The summed E-state index contributed by atoms with van der Waals surface area (Å²) in [7, 11) is 0. The van der Waals surface area contributed by atoms with E-state index < -0.39 is 11.4 Å².